The van der Waals surface area contributed by atoms with Crippen molar-refractivity contribution in [1.82, 2.24) is 4.90 Å². The number of carbonyl (C=O) groups is 1. The summed E-state index contributed by atoms with van der Waals surface area (Å²) in [6.45, 7) is 4.46. The minimum Gasteiger partial charge on any atom is -0.349 e. The second-order valence-corrected chi connectivity index (χ2v) is 4.68. The largest absolute Gasteiger partial charge is 0.349 e. The molecule has 0 radical (unpaired) electrons. The molecule has 0 heterocycles. The van der Waals surface area contributed by atoms with Crippen LogP contribution in [0.1, 0.15) is 33.1 Å². The number of amides is 1. The Balaban J connectivity index is 2.63. The summed E-state index contributed by atoms with van der Waals surface area (Å²) in [5.74, 6) is 1.90. The quantitative estimate of drug-likeness (QED) is 0.642. The predicted molar refractivity (Wildman–Crippen MR) is 54.4 cm³/mol. The molecule has 0 bridgehead atoms. The summed E-state index contributed by atoms with van der Waals surface area (Å²) in [6, 6.07) is 0. The standard InChI is InChI=1S/C11H21NO/c1-8(2)9-6-5-7-10(9)11(13)12(3)4/h8-10H,5-7H2,1-4H3/t9-,10-/m0/s1. The Labute approximate surface area is 81.3 Å². The number of hydrogen-bond acceptors (Lipinski definition) is 1. The molecule has 0 aromatic carbocycles. The molecule has 2 atom stereocenters. The number of nitrogens with zero attached hydrogens (tertiary/aromatic N) is 1. The SMILES string of the molecule is CC(C)[C@@H]1CCC[C@@H]1C(=O)N(C)C. The summed E-state index contributed by atoms with van der Waals surface area (Å²) in [7, 11) is 3.72. The fourth-order valence-corrected chi connectivity index (χ4v) is 2.42. The lowest BCUT2D eigenvalue weighted by molar-refractivity contribution is -0.134. The Morgan fingerprint density at radius 3 is 2.38 bits per heavy atom. The van der Waals surface area contributed by atoms with Gasteiger partial charge in [-0.2, -0.15) is 0 Å². The van der Waals surface area contributed by atoms with Gasteiger partial charge in [-0.05, 0) is 24.7 Å². The minimum atomic E-state index is 0.301. The van der Waals surface area contributed by atoms with E-state index in [0.29, 0.717) is 23.7 Å². The Hall–Kier alpha value is -0.530. The molecule has 2 heteroatoms. The summed E-state index contributed by atoms with van der Waals surface area (Å²) in [5.41, 5.74) is 0. The first kappa shape index (κ1) is 10.6. The van der Waals surface area contributed by atoms with Crippen molar-refractivity contribution in [3.63, 3.8) is 0 Å². The first-order valence-electron chi connectivity index (χ1n) is 5.25. The van der Waals surface area contributed by atoms with E-state index in [1.807, 2.05) is 14.1 Å². The van der Waals surface area contributed by atoms with E-state index >= 15 is 0 Å². The Morgan fingerprint density at radius 2 is 1.92 bits per heavy atom. The average Bonchev–Trinajstić information content (AvgIpc) is 2.50. The average molecular weight is 183 g/mol. The smallest absolute Gasteiger partial charge is 0.225 e. The van der Waals surface area contributed by atoms with Crippen LogP contribution in [0.5, 0.6) is 0 Å². The second-order valence-electron chi connectivity index (χ2n) is 4.68. The molecular formula is C11H21NO. The topological polar surface area (TPSA) is 20.3 Å². The maximum Gasteiger partial charge on any atom is 0.225 e. The van der Waals surface area contributed by atoms with Crippen molar-refractivity contribution in [2.24, 2.45) is 17.8 Å². The van der Waals surface area contributed by atoms with E-state index in [1.54, 1.807) is 4.90 Å². The fourth-order valence-electron chi connectivity index (χ4n) is 2.42. The lowest BCUT2D eigenvalue weighted by Crippen LogP contribution is -2.33. The molecule has 0 aromatic rings. The highest BCUT2D eigenvalue weighted by Gasteiger charge is 2.35. The van der Waals surface area contributed by atoms with Crippen LogP contribution < -0.4 is 0 Å². The van der Waals surface area contributed by atoms with Gasteiger partial charge in [-0.1, -0.05) is 20.3 Å². The molecule has 0 saturated heterocycles. The van der Waals surface area contributed by atoms with Gasteiger partial charge >= 0.3 is 0 Å². The lowest BCUT2D eigenvalue weighted by atomic mass is 9.85. The fraction of sp³-hybridized carbons (Fsp3) is 0.909. The van der Waals surface area contributed by atoms with Gasteiger partial charge in [-0.3, -0.25) is 4.79 Å². The maximum absolute atomic E-state index is 11.8. The summed E-state index contributed by atoms with van der Waals surface area (Å²) in [4.78, 5) is 13.5. The Bertz CT molecular complexity index is 187. The molecule has 1 fully saturated rings. The van der Waals surface area contributed by atoms with Crippen molar-refractivity contribution in [2.45, 2.75) is 33.1 Å². The van der Waals surface area contributed by atoms with E-state index in [4.69, 9.17) is 0 Å². The molecule has 0 spiro atoms. The lowest BCUT2D eigenvalue weighted by Gasteiger charge is -2.24. The molecule has 0 aromatic heterocycles. The highest BCUT2D eigenvalue weighted by molar-refractivity contribution is 5.78. The third kappa shape index (κ3) is 2.23. The molecular weight excluding hydrogens is 162 g/mol. The molecule has 0 unspecified atom stereocenters. The van der Waals surface area contributed by atoms with Crippen molar-refractivity contribution in [2.75, 3.05) is 14.1 Å². The van der Waals surface area contributed by atoms with Gasteiger partial charge in [-0.15, -0.1) is 0 Å². The van der Waals surface area contributed by atoms with E-state index in [0.717, 1.165) is 6.42 Å². The molecule has 13 heavy (non-hydrogen) atoms. The van der Waals surface area contributed by atoms with Gasteiger partial charge in [0.25, 0.3) is 0 Å². The van der Waals surface area contributed by atoms with E-state index in [9.17, 15) is 4.79 Å². The van der Waals surface area contributed by atoms with Gasteiger partial charge in [-0.25, -0.2) is 0 Å². The van der Waals surface area contributed by atoms with Crippen LogP contribution >= 0.6 is 0 Å². The number of hydrogen-bond donors (Lipinski definition) is 0. The molecule has 1 amide bonds. The van der Waals surface area contributed by atoms with Gasteiger partial charge in [0.15, 0.2) is 0 Å². The van der Waals surface area contributed by atoms with Crippen LogP contribution in [-0.4, -0.2) is 24.9 Å². The molecule has 0 aliphatic heterocycles. The van der Waals surface area contributed by atoms with E-state index in [1.165, 1.54) is 12.8 Å². The highest BCUT2D eigenvalue weighted by Crippen LogP contribution is 2.37. The minimum absolute atomic E-state index is 0.301. The van der Waals surface area contributed by atoms with Gasteiger partial charge in [0, 0.05) is 20.0 Å². The Morgan fingerprint density at radius 1 is 1.31 bits per heavy atom. The van der Waals surface area contributed by atoms with E-state index in [-0.39, 0.29) is 0 Å². The molecule has 0 N–H and O–H groups in total. The predicted octanol–water partition coefficient (Wildman–Crippen LogP) is 2.15. The van der Waals surface area contributed by atoms with Crippen LogP contribution in [0.2, 0.25) is 0 Å². The van der Waals surface area contributed by atoms with Gasteiger partial charge in [0.2, 0.25) is 5.91 Å². The van der Waals surface area contributed by atoms with Gasteiger partial charge in [0.05, 0.1) is 0 Å². The van der Waals surface area contributed by atoms with Gasteiger partial charge in [0.1, 0.15) is 0 Å². The van der Waals surface area contributed by atoms with Crippen LogP contribution in [0, 0.1) is 17.8 Å². The third-order valence-corrected chi connectivity index (χ3v) is 3.18. The van der Waals surface area contributed by atoms with Crippen molar-refractivity contribution >= 4 is 5.91 Å². The summed E-state index contributed by atoms with van der Waals surface area (Å²) in [5, 5.41) is 0. The van der Waals surface area contributed by atoms with Crippen LogP contribution in [0.15, 0.2) is 0 Å². The van der Waals surface area contributed by atoms with E-state index < -0.39 is 0 Å². The zero-order chi connectivity index (χ0) is 10.0. The third-order valence-electron chi connectivity index (χ3n) is 3.18. The zero-order valence-electron chi connectivity index (χ0n) is 9.21. The first-order chi connectivity index (χ1) is 6.04. The molecule has 2 nitrogen and oxygen atoms in total. The Kier molecular flexibility index (Phi) is 3.34. The van der Waals surface area contributed by atoms with Crippen LogP contribution in [0.4, 0.5) is 0 Å². The summed E-state index contributed by atoms with van der Waals surface area (Å²) < 4.78 is 0. The van der Waals surface area contributed by atoms with Crippen molar-refractivity contribution in [1.29, 1.82) is 0 Å². The number of carbonyl (C=O) groups excluding carboxylic acids is 1. The van der Waals surface area contributed by atoms with Crippen LogP contribution in [0.25, 0.3) is 0 Å². The second kappa shape index (κ2) is 4.12. The van der Waals surface area contributed by atoms with Crippen LogP contribution in [-0.2, 0) is 4.79 Å². The highest BCUT2D eigenvalue weighted by atomic mass is 16.2. The first-order valence-corrected chi connectivity index (χ1v) is 5.25. The van der Waals surface area contributed by atoms with Crippen LogP contribution in [0.3, 0.4) is 0 Å². The summed E-state index contributed by atoms with van der Waals surface area (Å²) >= 11 is 0. The number of rotatable bonds is 2. The zero-order valence-corrected chi connectivity index (χ0v) is 9.21. The normalized spacial score (nSPS) is 28.1. The van der Waals surface area contributed by atoms with Crippen molar-refractivity contribution in [3.8, 4) is 0 Å². The molecule has 1 saturated carbocycles. The molecule has 76 valence electrons. The van der Waals surface area contributed by atoms with E-state index in [2.05, 4.69) is 13.8 Å². The van der Waals surface area contributed by atoms with Crippen molar-refractivity contribution < 1.29 is 4.79 Å². The molecule has 1 aliphatic rings. The maximum atomic E-state index is 11.8. The van der Waals surface area contributed by atoms with Crippen molar-refractivity contribution in [3.05, 3.63) is 0 Å². The molecule has 1 aliphatic carbocycles. The summed E-state index contributed by atoms with van der Waals surface area (Å²) in [6.07, 6.45) is 3.56. The van der Waals surface area contributed by atoms with Gasteiger partial charge < -0.3 is 4.90 Å². The molecule has 1 rings (SSSR count). The monoisotopic (exact) mass is 183 g/mol.